The first-order valence-electron chi connectivity index (χ1n) is 7.00. The van der Waals surface area contributed by atoms with Crippen LogP contribution in [0.1, 0.15) is 21.7 Å². The van der Waals surface area contributed by atoms with Gasteiger partial charge in [-0.2, -0.15) is 0 Å². The van der Waals surface area contributed by atoms with Crippen LogP contribution in [-0.4, -0.2) is 41.9 Å². The second-order valence-corrected chi connectivity index (χ2v) is 6.47. The van der Waals surface area contributed by atoms with Gasteiger partial charge in [-0.25, -0.2) is 0 Å². The Morgan fingerprint density at radius 2 is 2.19 bits per heavy atom. The fourth-order valence-corrected chi connectivity index (χ4v) is 3.67. The van der Waals surface area contributed by atoms with Crippen LogP contribution in [0.5, 0.6) is 0 Å². The Morgan fingerprint density at radius 3 is 2.90 bits per heavy atom. The van der Waals surface area contributed by atoms with Crippen LogP contribution < -0.4 is 0 Å². The zero-order chi connectivity index (χ0) is 14.7. The van der Waals surface area contributed by atoms with Crippen molar-refractivity contribution in [3.8, 4) is 0 Å². The quantitative estimate of drug-likeness (QED) is 0.869. The highest BCUT2D eigenvalue weighted by Gasteiger charge is 2.22. The number of thiophene rings is 1. The highest BCUT2D eigenvalue weighted by Crippen LogP contribution is 2.24. The number of hydrogen-bond acceptors (Lipinski definition) is 4. The van der Waals surface area contributed by atoms with Gasteiger partial charge in [-0.05, 0) is 23.9 Å². The molecule has 3 heterocycles. The number of halogens is 1. The number of amides is 1. The van der Waals surface area contributed by atoms with E-state index < -0.39 is 0 Å². The zero-order valence-electron chi connectivity index (χ0n) is 11.6. The van der Waals surface area contributed by atoms with E-state index in [4.69, 9.17) is 16.0 Å². The van der Waals surface area contributed by atoms with Crippen molar-refractivity contribution < 1.29 is 9.21 Å². The van der Waals surface area contributed by atoms with Gasteiger partial charge in [0.2, 0.25) is 0 Å². The van der Waals surface area contributed by atoms with Crippen molar-refractivity contribution in [2.24, 2.45) is 0 Å². The molecule has 112 valence electrons. The molecule has 2 aromatic rings. The fraction of sp³-hybridized carbons (Fsp3) is 0.400. The SMILES string of the molecule is O=C(c1sccc1Cl)N1CCCN(Cc2ccoc2)CC1. The third kappa shape index (κ3) is 3.48. The molecule has 1 fully saturated rings. The molecule has 1 amide bonds. The largest absolute Gasteiger partial charge is 0.472 e. The van der Waals surface area contributed by atoms with Crippen molar-refractivity contribution in [3.63, 3.8) is 0 Å². The van der Waals surface area contributed by atoms with E-state index in [0.29, 0.717) is 9.90 Å². The lowest BCUT2D eigenvalue weighted by molar-refractivity contribution is 0.0766. The number of hydrogen-bond donors (Lipinski definition) is 0. The molecule has 1 aliphatic rings. The molecule has 0 radical (unpaired) electrons. The van der Waals surface area contributed by atoms with Crippen LogP contribution >= 0.6 is 22.9 Å². The van der Waals surface area contributed by atoms with Gasteiger partial charge in [0, 0.05) is 38.3 Å². The summed E-state index contributed by atoms with van der Waals surface area (Å²) in [5.41, 5.74) is 1.18. The first-order chi connectivity index (χ1) is 10.2. The van der Waals surface area contributed by atoms with Crippen LogP contribution in [0, 0.1) is 0 Å². The molecule has 2 aromatic heterocycles. The minimum Gasteiger partial charge on any atom is -0.472 e. The van der Waals surface area contributed by atoms with Gasteiger partial charge in [-0.15, -0.1) is 11.3 Å². The lowest BCUT2D eigenvalue weighted by Gasteiger charge is -2.21. The van der Waals surface area contributed by atoms with Crippen molar-refractivity contribution in [2.75, 3.05) is 26.2 Å². The molecule has 0 spiro atoms. The fourth-order valence-electron chi connectivity index (χ4n) is 2.56. The topological polar surface area (TPSA) is 36.7 Å². The molecule has 21 heavy (non-hydrogen) atoms. The summed E-state index contributed by atoms with van der Waals surface area (Å²) in [4.78, 5) is 17.4. The summed E-state index contributed by atoms with van der Waals surface area (Å²) in [7, 11) is 0. The van der Waals surface area contributed by atoms with Crippen LogP contribution in [0.3, 0.4) is 0 Å². The molecule has 0 aliphatic carbocycles. The Bertz CT molecular complexity index is 597. The third-order valence-electron chi connectivity index (χ3n) is 3.67. The summed E-state index contributed by atoms with van der Waals surface area (Å²) in [5.74, 6) is 0.0557. The van der Waals surface area contributed by atoms with E-state index in [1.807, 2.05) is 16.3 Å². The Balaban J connectivity index is 1.60. The Hall–Kier alpha value is -1.30. The lowest BCUT2D eigenvalue weighted by Crippen LogP contribution is -2.34. The molecule has 1 aliphatic heterocycles. The lowest BCUT2D eigenvalue weighted by atomic mass is 10.3. The van der Waals surface area contributed by atoms with E-state index in [1.54, 1.807) is 18.6 Å². The summed E-state index contributed by atoms with van der Waals surface area (Å²) in [6, 6.07) is 3.77. The zero-order valence-corrected chi connectivity index (χ0v) is 13.2. The minimum absolute atomic E-state index is 0.0557. The summed E-state index contributed by atoms with van der Waals surface area (Å²) < 4.78 is 5.10. The summed E-state index contributed by atoms with van der Waals surface area (Å²) in [5, 5.41) is 2.42. The van der Waals surface area contributed by atoms with Gasteiger partial charge in [-0.1, -0.05) is 11.6 Å². The summed E-state index contributed by atoms with van der Waals surface area (Å²) in [6.45, 7) is 4.27. The molecule has 3 rings (SSSR count). The van der Waals surface area contributed by atoms with E-state index in [-0.39, 0.29) is 5.91 Å². The summed E-state index contributed by atoms with van der Waals surface area (Å²) >= 11 is 7.47. The molecule has 0 atom stereocenters. The first kappa shape index (κ1) is 14.6. The molecule has 0 saturated carbocycles. The Labute approximate surface area is 132 Å². The number of rotatable bonds is 3. The summed E-state index contributed by atoms with van der Waals surface area (Å²) in [6.07, 6.45) is 4.45. The van der Waals surface area contributed by atoms with Crippen molar-refractivity contribution in [1.29, 1.82) is 0 Å². The number of carbonyl (C=O) groups is 1. The molecule has 6 heteroatoms. The molecular weight excluding hydrogens is 308 g/mol. The maximum Gasteiger partial charge on any atom is 0.265 e. The average molecular weight is 325 g/mol. The van der Waals surface area contributed by atoms with E-state index in [1.165, 1.54) is 16.9 Å². The van der Waals surface area contributed by atoms with Crippen LogP contribution in [0.2, 0.25) is 5.02 Å². The van der Waals surface area contributed by atoms with Gasteiger partial charge in [-0.3, -0.25) is 9.69 Å². The van der Waals surface area contributed by atoms with E-state index in [0.717, 1.165) is 39.1 Å². The molecule has 1 saturated heterocycles. The molecule has 0 bridgehead atoms. The molecule has 0 unspecified atom stereocenters. The maximum atomic E-state index is 12.5. The van der Waals surface area contributed by atoms with E-state index in [9.17, 15) is 4.79 Å². The molecule has 0 aromatic carbocycles. The third-order valence-corrected chi connectivity index (χ3v) is 5.00. The first-order valence-corrected chi connectivity index (χ1v) is 8.25. The minimum atomic E-state index is 0.0557. The van der Waals surface area contributed by atoms with Crippen molar-refractivity contribution in [2.45, 2.75) is 13.0 Å². The Kier molecular flexibility index (Phi) is 4.63. The van der Waals surface area contributed by atoms with E-state index >= 15 is 0 Å². The molecule has 0 N–H and O–H groups in total. The predicted molar refractivity (Wildman–Crippen MR) is 83.8 cm³/mol. The Morgan fingerprint density at radius 1 is 1.29 bits per heavy atom. The van der Waals surface area contributed by atoms with Gasteiger partial charge in [0.25, 0.3) is 5.91 Å². The van der Waals surface area contributed by atoms with Crippen molar-refractivity contribution in [1.82, 2.24) is 9.80 Å². The average Bonchev–Trinajstić information content (AvgIpc) is 3.07. The monoisotopic (exact) mass is 324 g/mol. The number of carbonyl (C=O) groups excluding carboxylic acids is 1. The standard InChI is InChI=1S/C15H17ClN2O2S/c16-13-3-9-21-14(13)15(19)18-5-1-4-17(6-7-18)10-12-2-8-20-11-12/h2-3,8-9,11H,1,4-7,10H2. The number of nitrogens with zero attached hydrogens (tertiary/aromatic N) is 2. The molecule has 4 nitrogen and oxygen atoms in total. The highest BCUT2D eigenvalue weighted by atomic mass is 35.5. The predicted octanol–water partition coefficient (Wildman–Crippen LogP) is 3.34. The van der Waals surface area contributed by atoms with Gasteiger partial charge in [0.05, 0.1) is 17.5 Å². The van der Waals surface area contributed by atoms with Crippen molar-refractivity contribution in [3.05, 3.63) is 45.5 Å². The maximum absolute atomic E-state index is 12.5. The van der Waals surface area contributed by atoms with Gasteiger partial charge in [0.1, 0.15) is 4.88 Å². The van der Waals surface area contributed by atoms with Crippen LogP contribution in [0.4, 0.5) is 0 Å². The molecular formula is C15H17ClN2O2S. The second kappa shape index (κ2) is 6.64. The van der Waals surface area contributed by atoms with Gasteiger partial charge in [0.15, 0.2) is 0 Å². The van der Waals surface area contributed by atoms with Crippen LogP contribution in [-0.2, 0) is 6.54 Å². The van der Waals surface area contributed by atoms with Crippen LogP contribution in [0.15, 0.2) is 34.5 Å². The number of furan rings is 1. The van der Waals surface area contributed by atoms with Gasteiger partial charge >= 0.3 is 0 Å². The van der Waals surface area contributed by atoms with Crippen LogP contribution in [0.25, 0.3) is 0 Å². The highest BCUT2D eigenvalue weighted by molar-refractivity contribution is 7.12. The van der Waals surface area contributed by atoms with Gasteiger partial charge < -0.3 is 9.32 Å². The normalized spacial score (nSPS) is 16.9. The smallest absolute Gasteiger partial charge is 0.265 e. The van der Waals surface area contributed by atoms with Crippen molar-refractivity contribution >= 4 is 28.8 Å². The second-order valence-electron chi connectivity index (χ2n) is 5.15. The van der Waals surface area contributed by atoms with E-state index in [2.05, 4.69) is 4.90 Å².